The van der Waals surface area contributed by atoms with E-state index in [1.165, 1.54) is 6.42 Å². The van der Waals surface area contributed by atoms with Crippen molar-refractivity contribution in [2.24, 2.45) is 5.92 Å². The van der Waals surface area contributed by atoms with E-state index in [2.05, 4.69) is 29.4 Å². The number of carbonyl (C=O) groups excluding carboxylic acids is 1. The van der Waals surface area contributed by atoms with E-state index in [4.69, 9.17) is 5.11 Å². The van der Waals surface area contributed by atoms with E-state index in [0.717, 1.165) is 38.9 Å². The third kappa shape index (κ3) is 6.15. The van der Waals surface area contributed by atoms with Crippen molar-refractivity contribution >= 4 is 12.0 Å². The summed E-state index contributed by atoms with van der Waals surface area (Å²) in [5.41, 5.74) is 0. The van der Waals surface area contributed by atoms with Gasteiger partial charge in [-0.3, -0.25) is 14.6 Å². The van der Waals surface area contributed by atoms with E-state index < -0.39 is 5.97 Å². The number of likely N-dealkylation sites (tertiary alicyclic amines) is 1. The van der Waals surface area contributed by atoms with Crippen LogP contribution in [0.3, 0.4) is 0 Å². The van der Waals surface area contributed by atoms with Crippen LogP contribution in [-0.2, 0) is 4.79 Å². The van der Waals surface area contributed by atoms with Gasteiger partial charge in [0, 0.05) is 31.2 Å². The van der Waals surface area contributed by atoms with Crippen molar-refractivity contribution in [2.45, 2.75) is 64.6 Å². The van der Waals surface area contributed by atoms with Crippen LogP contribution in [0.5, 0.6) is 0 Å². The van der Waals surface area contributed by atoms with Crippen LogP contribution < -0.4 is 10.6 Å². The molecule has 0 unspecified atom stereocenters. The van der Waals surface area contributed by atoms with Crippen LogP contribution >= 0.6 is 0 Å². The lowest BCUT2D eigenvalue weighted by Gasteiger charge is -2.42. The second kappa shape index (κ2) is 9.38. The highest BCUT2D eigenvalue weighted by atomic mass is 16.4. The van der Waals surface area contributed by atoms with Gasteiger partial charge in [0.25, 0.3) is 0 Å². The molecule has 1 aliphatic carbocycles. The lowest BCUT2D eigenvalue weighted by atomic mass is 9.85. The summed E-state index contributed by atoms with van der Waals surface area (Å²) in [4.78, 5) is 27.4. The average molecular weight is 354 g/mol. The van der Waals surface area contributed by atoms with Gasteiger partial charge in [-0.25, -0.2) is 4.79 Å². The molecule has 0 aromatic heterocycles. The number of rotatable bonds is 9. The molecule has 2 fully saturated rings. The Morgan fingerprint density at radius 2 is 2.04 bits per heavy atom. The molecule has 1 atom stereocenters. The topological polar surface area (TPSA) is 84.9 Å². The second-order valence-corrected chi connectivity index (χ2v) is 7.82. The lowest BCUT2D eigenvalue weighted by Crippen LogP contribution is -2.57. The second-order valence-electron chi connectivity index (χ2n) is 7.82. The zero-order valence-corrected chi connectivity index (χ0v) is 15.8. The molecule has 144 valence electrons. The molecule has 1 saturated carbocycles. The van der Waals surface area contributed by atoms with Crippen LogP contribution in [0.25, 0.3) is 0 Å². The molecule has 1 saturated heterocycles. The molecule has 0 aromatic carbocycles. The molecule has 0 spiro atoms. The van der Waals surface area contributed by atoms with E-state index >= 15 is 0 Å². The molecule has 1 aliphatic heterocycles. The van der Waals surface area contributed by atoms with Crippen LogP contribution in [0.1, 0.15) is 46.5 Å². The SMILES string of the molecule is CCN(CC(=O)O)C1CC(NC(=O)NC[C@H]2CCCN2CC(C)C)C1. The molecule has 3 N–H and O–H groups in total. The zero-order valence-electron chi connectivity index (χ0n) is 15.8. The third-order valence-electron chi connectivity index (χ3n) is 5.31. The van der Waals surface area contributed by atoms with Gasteiger partial charge in [0.2, 0.25) is 0 Å². The van der Waals surface area contributed by atoms with Gasteiger partial charge < -0.3 is 15.7 Å². The van der Waals surface area contributed by atoms with Crippen LogP contribution in [0.2, 0.25) is 0 Å². The maximum absolute atomic E-state index is 12.1. The van der Waals surface area contributed by atoms with E-state index in [9.17, 15) is 9.59 Å². The van der Waals surface area contributed by atoms with Crippen LogP contribution in [0.15, 0.2) is 0 Å². The number of aliphatic carboxylic acids is 1. The van der Waals surface area contributed by atoms with Gasteiger partial charge in [-0.15, -0.1) is 0 Å². The highest BCUT2D eigenvalue weighted by molar-refractivity contribution is 5.74. The summed E-state index contributed by atoms with van der Waals surface area (Å²) in [6.07, 6.45) is 4.02. The zero-order chi connectivity index (χ0) is 18.4. The largest absolute Gasteiger partial charge is 0.480 e. The smallest absolute Gasteiger partial charge is 0.317 e. The molecule has 0 aromatic rings. The molecule has 7 nitrogen and oxygen atoms in total. The number of amides is 2. The minimum atomic E-state index is -0.793. The number of carbonyl (C=O) groups is 2. The Balaban J connectivity index is 1.64. The molecule has 2 rings (SSSR count). The predicted molar refractivity (Wildman–Crippen MR) is 97.7 cm³/mol. The summed E-state index contributed by atoms with van der Waals surface area (Å²) in [7, 11) is 0. The van der Waals surface area contributed by atoms with E-state index in [1.807, 2.05) is 11.8 Å². The molecular weight excluding hydrogens is 320 g/mol. The molecule has 2 amide bonds. The summed E-state index contributed by atoms with van der Waals surface area (Å²) in [5.74, 6) is -0.146. The van der Waals surface area contributed by atoms with Crippen molar-refractivity contribution in [2.75, 3.05) is 32.7 Å². The minimum absolute atomic E-state index is 0.0768. The summed E-state index contributed by atoms with van der Waals surface area (Å²) >= 11 is 0. The van der Waals surface area contributed by atoms with E-state index in [0.29, 0.717) is 18.5 Å². The first-order valence-electron chi connectivity index (χ1n) is 9.63. The van der Waals surface area contributed by atoms with Crippen molar-refractivity contribution in [3.05, 3.63) is 0 Å². The van der Waals surface area contributed by atoms with Crippen LogP contribution in [0.4, 0.5) is 4.79 Å². The van der Waals surface area contributed by atoms with Gasteiger partial charge in [-0.2, -0.15) is 0 Å². The first-order valence-corrected chi connectivity index (χ1v) is 9.63. The van der Waals surface area contributed by atoms with Crippen molar-refractivity contribution in [3.63, 3.8) is 0 Å². The summed E-state index contributed by atoms with van der Waals surface area (Å²) in [6, 6.07) is 0.778. The highest BCUT2D eigenvalue weighted by Gasteiger charge is 2.34. The first kappa shape index (κ1) is 20.0. The van der Waals surface area contributed by atoms with Crippen molar-refractivity contribution in [3.8, 4) is 0 Å². The summed E-state index contributed by atoms with van der Waals surface area (Å²) in [6.45, 7) is 10.2. The Kier molecular flexibility index (Phi) is 7.50. The fourth-order valence-electron chi connectivity index (χ4n) is 3.96. The molecule has 0 bridgehead atoms. The maximum Gasteiger partial charge on any atom is 0.317 e. The number of hydrogen-bond donors (Lipinski definition) is 3. The van der Waals surface area contributed by atoms with Crippen molar-refractivity contribution in [1.82, 2.24) is 20.4 Å². The number of nitrogens with one attached hydrogen (secondary N) is 2. The Bertz CT molecular complexity index is 452. The van der Waals surface area contributed by atoms with Crippen molar-refractivity contribution < 1.29 is 14.7 Å². The number of urea groups is 1. The standard InChI is InChI=1S/C18H34N4O3/c1-4-21(12-17(23)24)16-8-14(9-16)20-18(25)19-10-15-6-5-7-22(15)11-13(2)3/h13-16H,4-12H2,1-3H3,(H,23,24)(H2,19,20,25)/t14?,15-,16?/m1/s1. The van der Waals surface area contributed by atoms with E-state index in [1.54, 1.807) is 0 Å². The normalized spacial score (nSPS) is 26.7. The quantitative estimate of drug-likeness (QED) is 0.582. The minimum Gasteiger partial charge on any atom is -0.480 e. The Hall–Kier alpha value is -1.34. The van der Waals surface area contributed by atoms with Crippen molar-refractivity contribution in [1.29, 1.82) is 0 Å². The Morgan fingerprint density at radius 1 is 1.32 bits per heavy atom. The van der Waals surface area contributed by atoms with Crippen LogP contribution in [0, 0.1) is 5.92 Å². The number of nitrogens with zero attached hydrogens (tertiary/aromatic N) is 2. The van der Waals surface area contributed by atoms with Gasteiger partial charge in [-0.1, -0.05) is 20.8 Å². The number of carboxylic acids is 1. The maximum atomic E-state index is 12.1. The molecule has 0 radical (unpaired) electrons. The third-order valence-corrected chi connectivity index (χ3v) is 5.31. The van der Waals surface area contributed by atoms with Gasteiger partial charge in [0.05, 0.1) is 6.54 Å². The molecule has 25 heavy (non-hydrogen) atoms. The van der Waals surface area contributed by atoms with E-state index in [-0.39, 0.29) is 24.7 Å². The molecule has 2 aliphatic rings. The predicted octanol–water partition coefficient (Wildman–Crippen LogP) is 1.34. The number of hydrogen-bond acceptors (Lipinski definition) is 4. The fraction of sp³-hybridized carbons (Fsp3) is 0.889. The molecule has 1 heterocycles. The monoisotopic (exact) mass is 354 g/mol. The molecule has 7 heteroatoms. The van der Waals surface area contributed by atoms with Gasteiger partial charge in [0.1, 0.15) is 0 Å². The molecular formula is C18H34N4O3. The first-order chi connectivity index (χ1) is 11.9. The lowest BCUT2D eigenvalue weighted by molar-refractivity contribution is -0.139. The van der Waals surface area contributed by atoms with Gasteiger partial charge >= 0.3 is 12.0 Å². The summed E-state index contributed by atoms with van der Waals surface area (Å²) < 4.78 is 0. The van der Waals surface area contributed by atoms with Gasteiger partial charge in [-0.05, 0) is 44.7 Å². The Morgan fingerprint density at radius 3 is 2.64 bits per heavy atom. The highest BCUT2D eigenvalue weighted by Crippen LogP contribution is 2.25. The van der Waals surface area contributed by atoms with Crippen LogP contribution in [-0.4, -0.2) is 77.8 Å². The fourth-order valence-corrected chi connectivity index (χ4v) is 3.96. The number of carboxylic acid groups (broad SMARTS) is 1. The van der Waals surface area contributed by atoms with Gasteiger partial charge in [0.15, 0.2) is 0 Å². The average Bonchev–Trinajstić information content (AvgIpc) is 2.92. The Labute approximate surface area is 151 Å². The number of likely N-dealkylation sites (N-methyl/N-ethyl adjacent to an activating group) is 1. The summed E-state index contributed by atoms with van der Waals surface area (Å²) in [5, 5.41) is 15.0.